The van der Waals surface area contributed by atoms with Gasteiger partial charge in [-0.2, -0.15) is 10.2 Å². The highest BCUT2D eigenvalue weighted by Gasteiger charge is 2.10. The van der Waals surface area contributed by atoms with Crippen LogP contribution in [0, 0.1) is 0 Å². The summed E-state index contributed by atoms with van der Waals surface area (Å²) in [6.45, 7) is 0. The number of para-hydroxylation sites is 2. The number of hydrogen-bond donors (Lipinski definition) is 6. The topological polar surface area (TPSA) is 164 Å². The first-order valence-electron chi connectivity index (χ1n) is 11.7. The second-order valence-corrected chi connectivity index (χ2v) is 8.40. The number of amides is 2. The molecule has 0 fully saturated rings. The number of hydrazone groups is 2. The molecule has 4 aromatic rings. The van der Waals surface area contributed by atoms with Gasteiger partial charge in [0.15, 0.2) is 0 Å². The van der Waals surface area contributed by atoms with Crippen molar-refractivity contribution >= 4 is 24.2 Å². The number of aromatic hydroxyl groups is 4. The Morgan fingerprint density at radius 1 is 0.590 bits per heavy atom. The second kappa shape index (κ2) is 12.1. The van der Waals surface area contributed by atoms with Crippen LogP contribution in [0.1, 0.15) is 43.0 Å². The number of nitrogens with one attached hydrogen (secondary N) is 2. The van der Waals surface area contributed by atoms with Gasteiger partial charge in [0.2, 0.25) is 0 Å². The van der Waals surface area contributed by atoms with Crippen molar-refractivity contribution in [3.63, 3.8) is 0 Å². The Hall–Kier alpha value is -5.64. The molecule has 10 heteroatoms. The summed E-state index contributed by atoms with van der Waals surface area (Å²) in [7, 11) is 0. The minimum atomic E-state index is -0.602. The summed E-state index contributed by atoms with van der Waals surface area (Å²) in [4.78, 5) is 24.4. The van der Waals surface area contributed by atoms with Crippen molar-refractivity contribution in [1.29, 1.82) is 0 Å². The van der Waals surface area contributed by atoms with Crippen LogP contribution in [0.5, 0.6) is 23.0 Å². The van der Waals surface area contributed by atoms with Crippen molar-refractivity contribution in [1.82, 2.24) is 10.9 Å². The van der Waals surface area contributed by atoms with E-state index in [1.165, 1.54) is 48.8 Å². The molecule has 0 spiro atoms. The minimum absolute atomic E-state index is 0.0435. The van der Waals surface area contributed by atoms with Gasteiger partial charge >= 0.3 is 0 Å². The van der Waals surface area contributed by atoms with Gasteiger partial charge in [-0.15, -0.1) is 0 Å². The van der Waals surface area contributed by atoms with E-state index < -0.39 is 11.8 Å². The highest BCUT2D eigenvalue weighted by molar-refractivity contribution is 5.98. The zero-order valence-corrected chi connectivity index (χ0v) is 20.4. The van der Waals surface area contributed by atoms with Crippen LogP contribution in [0.15, 0.2) is 95.1 Å². The lowest BCUT2D eigenvalue weighted by molar-refractivity contribution is 0.0944. The Bertz CT molecular complexity index is 1470. The van der Waals surface area contributed by atoms with Gasteiger partial charge in [-0.3, -0.25) is 9.59 Å². The fourth-order valence-corrected chi connectivity index (χ4v) is 3.64. The van der Waals surface area contributed by atoms with Crippen LogP contribution in [-0.4, -0.2) is 44.7 Å². The number of rotatable bonds is 8. The van der Waals surface area contributed by atoms with Gasteiger partial charge in [-0.05, 0) is 66.1 Å². The van der Waals surface area contributed by atoms with Crippen molar-refractivity contribution in [3.8, 4) is 23.0 Å². The smallest absolute Gasteiger partial charge is 0.275 e. The maximum Gasteiger partial charge on any atom is 0.275 e. The zero-order chi connectivity index (χ0) is 27.8. The average molecular weight is 525 g/mol. The van der Waals surface area contributed by atoms with Gasteiger partial charge in [-0.1, -0.05) is 36.4 Å². The fraction of sp³-hybridized carbons (Fsp3) is 0.0345. The number of phenols is 4. The highest BCUT2D eigenvalue weighted by Crippen LogP contribution is 2.22. The molecule has 0 bridgehead atoms. The molecule has 2 amide bonds. The predicted octanol–water partition coefficient (Wildman–Crippen LogP) is 3.63. The number of carbonyl (C=O) groups excluding carboxylic acids is 2. The molecule has 0 aliphatic rings. The lowest BCUT2D eigenvalue weighted by Gasteiger charge is -2.08. The lowest BCUT2D eigenvalue weighted by atomic mass is 10.0. The number of carbonyl (C=O) groups is 2. The number of nitrogens with zero attached hydrogens (tertiary/aromatic N) is 2. The molecule has 0 aliphatic carbocycles. The third-order valence-electron chi connectivity index (χ3n) is 5.63. The van der Waals surface area contributed by atoms with Crippen LogP contribution in [-0.2, 0) is 6.42 Å². The van der Waals surface area contributed by atoms with Crippen molar-refractivity contribution in [2.24, 2.45) is 10.2 Å². The van der Waals surface area contributed by atoms with E-state index in [0.29, 0.717) is 17.5 Å². The summed E-state index contributed by atoms with van der Waals surface area (Å²) in [6.07, 6.45) is 3.01. The van der Waals surface area contributed by atoms with E-state index in [0.717, 1.165) is 11.1 Å². The third kappa shape index (κ3) is 6.77. The average Bonchev–Trinajstić information content (AvgIpc) is 2.92. The van der Waals surface area contributed by atoms with Gasteiger partial charge in [0.25, 0.3) is 11.8 Å². The van der Waals surface area contributed by atoms with E-state index in [1.54, 1.807) is 48.5 Å². The molecule has 0 aromatic heterocycles. The number of benzene rings is 4. The maximum atomic E-state index is 12.2. The molecule has 39 heavy (non-hydrogen) atoms. The molecule has 196 valence electrons. The van der Waals surface area contributed by atoms with Gasteiger partial charge in [0.05, 0.1) is 23.6 Å². The zero-order valence-electron chi connectivity index (χ0n) is 20.4. The minimum Gasteiger partial charge on any atom is -0.507 e. The Balaban J connectivity index is 1.43. The van der Waals surface area contributed by atoms with E-state index >= 15 is 0 Å². The van der Waals surface area contributed by atoms with Crippen molar-refractivity contribution in [2.75, 3.05) is 0 Å². The van der Waals surface area contributed by atoms with E-state index in [4.69, 9.17) is 0 Å². The van der Waals surface area contributed by atoms with Crippen LogP contribution < -0.4 is 10.9 Å². The van der Waals surface area contributed by atoms with E-state index in [9.17, 15) is 30.0 Å². The van der Waals surface area contributed by atoms with E-state index in [2.05, 4.69) is 21.1 Å². The van der Waals surface area contributed by atoms with Crippen molar-refractivity contribution < 1.29 is 30.0 Å². The van der Waals surface area contributed by atoms with Gasteiger partial charge in [-0.25, -0.2) is 10.9 Å². The number of hydrogen-bond acceptors (Lipinski definition) is 8. The maximum absolute atomic E-state index is 12.2. The Kier molecular flexibility index (Phi) is 8.17. The molecular weight excluding hydrogens is 500 g/mol. The molecule has 0 saturated carbocycles. The van der Waals surface area contributed by atoms with Crippen molar-refractivity contribution in [3.05, 3.63) is 118 Å². The first-order valence-corrected chi connectivity index (χ1v) is 11.7. The Morgan fingerprint density at radius 2 is 1.00 bits per heavy atom. The summed E-state index contributed by atoms with van der Waals surface area (Å²) >= 11 is 0. The largest absolute Gasteiger partial charge is 0.507 e. The fourth-order valence-electron chi connectivity index (χ4n) is 3.64. The second-order valence-electron chi connectivity index (χ2n) is 8.40. The molecule has 0 radical (unpaired) electrons. The van der Waals surface area contributed by atoms with Crippen LogP contribution in [0.25, 0.3) is 0 Å². The van der Waals surface area contributed by atoms with E-state index in [1.807, 2.05) is 0 Å². The predicted molar refractivity (Wildman–Crippen MR) is 145 cm³/mol. The molecule has 4 aromatic carbocycles. The molecule has 0 aliphatic heterocycles. The summed E-state index contributed by atoms with van der Waals surface area (Å²) in [5.74, 6) is -1.64. The highest BCUT2D eigenvalue weighted by atomic mass is 16.3. The van der Waals surface area contributed by atoms with E-state index in [-0.39, 0.29) is 34.1 Å². The van der Waals surface area contributed by atoms with Gasteiger partial charge in [0, 0.05) is 11.1 Å². The molecule has 0 saturated heterocycles. The van der Waals surface area contributed by atoms with Gasteiger partial charge < -0.3 is 20.4 Å². The molecule has 0 heterocycles. The Morgan fingerprint density at radius 3 is 1.41 bits per heavy atom. The summed E-state index contributed by atoms with van der Waals surface area (Å²) in [6, 6.07) is 21.9. The van der Waals surface area contributed by atoms with Crippen LogP contribution >= 0.6 is 0 Å². The molecular formula is C29H24N4O6. The first kappa shape index (κ1) is 26.4. The molecule has 0 atom stereocenters. The molecule has 4 rings (SSSR count). The normalized spacial score (nSPS) is 11.1. The van der Waals surface area contributed by atoms with Crippen LogP contribution in [0.3, 0.4) is 0 Å². The molecule has 6 N–H and O–H groups in total. The van der Waals surface area contributed by atoms with Crippen LogP contribution in [0.2, 0.25) is 0 Å². The standard InChI is InChI=1S/C29H24N4O6/c34-24-11-9-18(14-20(24)16-30-32-28(38)22-5-1-3-7-26(22)36)13-19-10-12-25(35)21(15-19)17-31-33-29(39)23-6-2-4-8-27(23)37/h1-12,14-17,34-37H,13H2,(H,32,38)(H,33,39)/b30-16-,31-17-. The summed E-state index contributed by atoms with van der Waals surface area (Å²) in [5, 5.41) is 47.7. The first-order chi connectivity index (χ1) is 18.8. The van der Waals surface area contributed by atoms with Gasteiger partial charge in [0.1, 0.15) is 23.0 Å². The third-order valence-corrected chi connectivity index (χ3v) is 5.63. The van der Waals surface area contributed by atoms with Crippen LogP contribution in [0.4, 0.5) is 0 Å². The summed E-state index contributed by atoms with van der Waals surface area (Å²) < 4.78 is 0. The lowest BCUT2D eigenvalue weighted by Crippen LogP contribution is -2.17. The quantitative estimate of drug-likeness (QED) is 0.152. The summed E-state index contributed by atoms with van der Waals surface area (Å²) in [5.41, 5.74) is 7.09. The molecule has 0 unspecified atom stereocenters. The number of phenolic OH excluding ortho intramolecular Hbond substituents is 4. The molecule has 10 nitrogen and oxygen atoms in total. The van der Waals surface area contributed by atoms with Crippen molar-refractivity contribution in [2.45, 2.75) is 6.42 Å². The monoisotopic (exact) mass is 524 g/mol. The SMILES string of the molecule is O=C(N/N=C\c1cc(Cc2ccc(O)c(/C=N\NC(=O)c3ccccc3O)c2)ccc1O)c1ccccc1O. The Labute approximate surface area is 223 Å².